The third-order valence-electron chi connectivity index (χ3n) is 4.93. The molecule has 138 valence electrons. The highest BCUT2D eigenvalue weighted by Crippen LogP contribution is 2.14. The maximum atomic E-state index is 11.0. The molecule has 1 aliphatic rings. The molecule has 0 radical (unpaired) electrons. The lowest BCUT2D eigenvalue weighted by Gasteiger charge is -2.20. The molecule has 2 aromatic rings. The summed E-state index contributed by atoms with van der Waals surface area (Å²) in [5, 5.41) is 12.5. The second-order valence-corrected chi connectivity index (χ2v) is 7.12. The molecule has 0 atom stereocenters. The summed E-state index contributed by atoms with van der Waals surface area (Å²) in [6, 6.07) is 15.9. The van der Waals surface area contributed by atoms with Gasteiger partial charge in [-0.15, -0.1) is 0 Å². The van der Waals surface area contributed by atoms with Crippen molar-refractivity contribution in [1.82, 2.24) is 10.2 Å². The van der Waals surface area contributed by atoms with Crippen molar-refractivity contribution >= 4 is 5.97 Å². The first-order valence-electron chi connectivity index (χ1n) is 9.54. The molecule has 2 N–H and O–H groups in total. The molecule has 2 aromatic carbocycles. The first-order valence-corrected chi connectivity index (χ1v) is 9.54. The van der Waals surface area contributed by atoms with Gasteiger partial charge in [0.25, 0.3) is 0 Å². The van der Waals surface area contributed by atoms with Gasteiger partial charge in [-0.1, -0.05) is 49.2 Å². The van der Waals surface area contributed by atoms with E-state index < -0.39 is 5.97 Å². The first-order chi connectivity index (χ1) is 12.7. The normalized spacial score (nSPS) is 15.5. The largest absolute Gasteiger partial charge is 0.478 e. The van der Waals surface area contributed by atoms with Gasteiger partial charge in [-0.2, -0.15) is 0 Å². The highest BCUT2D eigenvalue weighted by molar-refractivity contribution is 5.87. The number of rotatable bonds is 7. The van der Waals surface area contributed by atoms with Crippen LogP contribution in [0.15, 0.2) is 48.5 Å². The van der Waals surface area contributed by atoms with Gasteiger partial charge >= 0.3 is 5.97 Å². The summed E-state index contributed by atoms with van der Waals surface area (Å²) in [7, 11) is 0. The van der Waals surface area contributed by atoms with Gasteiger partial charge in [-0.25, -0.2) is 4.79 Å². The minimum absolute atomic E-state index is 0.337. The van der Waals surface area contributed by atoms with Crippen LogP contribution in [0.4, 0.5) is 0 Å². The van der Waals surface area contributed by atoms with Crippen LogP contribution in [0.5, 0.6) is 0 Å². The molecule has 1 fully saturated rings. The average molecular weight is 352 g/mol. The van der Waals surface area contributed by atoms with Gasteiger partial charge in [-0.05, 0) is 54.8 Å². The van der Waals surface area contributed by atoms with E-state index in [9.17, 15) is 4.79 Å². The SMILES string of the molecule is O=C(O)c1cccc(CNCc2cccc(CN3CCCCCC3)c2)c1. The van der Waals surface area contributed by atoms with Crippen LogP contribution in [-0.4, -0.2) is 29.1 Å². The molecule has 4 nitrogen and oxygen atoms in total. The molecule has 3 rings (SSSR count). The van der Waals surface area contributed by atoms with E-state index in [0.717, 1.165) is 18.7 Å². The van der Waals surface area contributed by atoms with E-state index in [1.165, 1.54) is 49.9 Å². The summed E-state index contributed by atoms with van der Waals surface area (Å²) in [4.78, 5) is 13.6. The Morgan fingerprint density at radius 3 is 2.19 bits per heavy atom. The van der Waals surface area contributed by atoms with E-state index in [-0.39, 0.29) is 0 Å². The molecule has 0 aliphatic carbocycles. The lowest BCUT2D eigenvalue weighted by atomic mass is 10.1. The number of likely N-dealkylation sites (tertiary alicyclic amines) is 1. The van der Waals surface area contributed by atoms with Gasteiger partial charge < -0.3 is 10.4 Å². The Hall–Kier alpha value is -2.17. The van der Waals surface area contributed by atoms with Crippen molar-refractivity contribution in [2.45, 2.75) is 45.3 Å². The summed E-state index contributed by atoms with van der Waals surface area (Å²) >= 11 is 0. The van der Waals surface area contributed by atoms with Crippen LogP contribution in [0.1, 0.15) is 52.7 Å². The molecule has 1 saturated heterocycles. The zero-order valence-electron chi connectivity index (χ0n) is 15.3. The maximum Gasteiger partial charge on any atom is 0.335 e. The number of carboxylic acid groups (broad SMARTS) is 1. The van der Waals surface area contributed by atoms with Gasteiger partial charge in [0.15, 0.2) is 0 Å². The number of carbonyl (C=O) groups is 1. The molecule has 0 saturated carbocycles. The van der Waals surface area contributed by atoms with E-state index in [4.69, 9.17) is 5.11 Å². The summed E-state index contributed by atoms with van der Waals surface area (Å²) in [6.07, 6.45) is 5.36. The van der Waals surface area contributed by atoms with Crippen molar-refractivity contribution in [2.24, 2.45) is 0 Å². The van der Waals surface area contributed by atoms with E-state index in [0.29, 0.717) is 12.1 Å². The number of hydrogen-bond acceptors (Lipinski definition) is 3. The lowest BCUT2D eigenvalue weighted by molar-refractivity contribution is 0.0696. The van der Waals surface area contributed by atoms with Crippen LogP contribution < -0.4 is 5.32 Å². The highest BCUT2D eigenvalue weighted by Gasteiger charge is 2.09. The molecule has 0 unspecified atom stereocenters. The number of nitrogens with zero attached hydrogens (tertiary/aromatic N) is 1. The molecule has 0 bridgehead atoms. The fourth-order valence-corrected chi connectivity index (χ4v) is 3.56. The van der Waals surface area contributed by atoms with Crippen molar-refractivity contribution in [1.29, 1.82) is 0 Å². The van der Waals surface area contributed by atoms with Crippen molar-refractivity contribution in [3.8, 4) is 0 Å². The van der Waals surface area contributed by atoms with Crippen LogP contribution in [0, 0.1) is 0 Å². The molecule has 0 amide bonds. The van der Waals surface area contributed by atoms with Crippen molar-refractivity contribution in [2.75, 3.05) is 13.1 Å². The van der Waals surface area contributed by atoms with E-state index in [1.807, 2.05) is 6.07 Å². The van der Waals surface area contributed by atoms with Gasteiger partial charge in [0, 0.05) is 19.6 Å². The zero-order chi connectivity index (χ0) is 18.2. The second-order valence-electron chi connectivity index (χ2n) is 7.12. The van der Waals surface area contributed by atoms with Gasteiger partial charge in [-0.3, -0.25) is 4.90 Å². The van der Waals surface area contributed by atoms with Crippen LogP contribution in [-0.2, 0) is 19.6 Å². The molecule has 1 heterocycles. The molecule has 1 aliphatic heterocycles. The third kappa shape index (κ3) is 5.68. The smallest absolute Gasteiger partial charge is 0.335 e. The number of benzene rings is 2. The Balaban J connectivity index is 1.52. The highest BCUT2D eigenvalue weighted by atomic mass is 16.4. The Bertz CT molecular complexity index is 722. The Morgan fingerprint density at radius 1 is 0.885 bits per heavy atom. The van der Waals surface area contributed by atoms with Crippen LogP contribution in [0.25, 0.3) is 0 Å². The Labute approximate surface area is 155 Å². The molecule has 0 spiro atoms. The van der Waals surface area contributed by atoms with Crippen LogP contribution >= 0.6 is 0 Å². The fraction of sp³-hybridized carbons (Fsp3) is 0.409. The zero-order valence-corrected chi connectivity index (χ0v) is 15.3. The maximum absolute atomic E-state index is 11.0. The third-order valence-corrected chi connectivity index (χ3v) is 4.93. The lowest BCUT2D eigenvalue weighted by Crippen LogP contribution is -2.24. The van der Waals surface area contributed by atoms with Crippen molar-refractivity contribution in [3.05, 3.63) is 70.8 Å². The number of aromatic carboxylic acids is 1. The summed E-state index contributed by atoms with van der Waals surface area (Å²) in [6.45, 7) is 4.90. The summed E-state index contributed by atoms with van der Waals surface area (Å²) in [5.41, 5.74) is 3.97. The van der Waals surface area contributed by atoms with Crippen molar-refractivity contribution in [3.63, 3.8) is 0 Å². The van der Waals surface area contributed by atoms with Crippen molar-refractivity contribution < 1.29 is 9.90 Å². The number of hydrogen-bond donors (Lipinski definition) is 2. The van der Waals surface area contributed by atoms with E-state index in [1.54, 1.807) is 18.2 Å². The molecule has 26 heavy (non-hydrogen) atoms. The number of carboxylic acids is 1. The topological polar surface area (TPSA) is 52.6 Å². The summed E-state index contributed by atoms with van der Waals surface area (Å²) < 4.78 is 0. The van der Waals surface area contributed by atoms with E-state index in [2.05, 4.69) is 34.5 Å². The number of nitrogens with one attached hydrogen (secondary N) is 1. The molecular weight excluding hydrogens is 324 g/mol. The second kappa shape index (κ2) is 9.51. The van der Waals surface area contributed by atoms with E-state index >= 15 is 0 Å². The Morgan fingerprint density at radius 2 is 1.50 bits per heavy atom. The average Bonchev–Trinajstić information content (AvgIpc) is 2.91. The predicted octanol–water partition coefficient (Wildman–Crippen LogP) is 4.05. The van der Waals surface area contributed by atoms with Crippen LogP contribution in [0.3, 0.4) is 0 Å². The fourth-order valence-electron chi connectivity index (χ4n) is 3.56. The molecule has 4 heteroatoms. The molecular formula is C22H28N2O2. The minimum Gasteiger partial charge on any atom is -0.478 e. The van der Waals surface area contributed by atoms with Gasteiger partial charge in [0.2, 0.25) is 0 Å². The summed E-state index contributed by atoms with van der Waals surface area (Å²) in [5.74, 6) is -0.881. The van der Waals surface area contributed by atoms with Crippen LogP contribution in [0.2, 0.25) is 0 Å². The molecule has 0 aromatic heterocycles. The minimum atomic E-state index is -0.881. The monoisotopic (exact) mass is 352 g/mol. The quantitative estimate of drug-likeness (QED) is 0.789. The standard InChI is InChI=1S/C22H28N2O2/c25-22(26)21-10-6-8-19(14-21)16-23-15-18-7-5-9-20(13-18)17-24-11-3-1-2-4-12-24/h5-10,13-14,23H,1-4,11-12,15-17H2,(H,25,26). The predicted molar refractivity (Wildman–Crippen MR) is 104 cm³/mol. The Kier molecular flexibility index (Phi) is 6.81. The van der Waals surface area contributed by atoms with Gasteiger partial charge in [0.1, 0.15) is 0 Å². The first kappa shape index (κ1) is 18.6. The van der Waals surface area contributed by atoms with Gasteiger partial charge in [0.05, 0.1) is 5.56 Å².